The Labute approximate surface area is 97.8 Å². The maximum Gasteiger partial charge on any atom is 0.287 e. The van der Waals surface area contributed by atoms with E-state index in [-0.39, 0.29) is 18.3 Å². The molecule has 1 N–H and O–H groups in total. The molecule has 1 aliphatic heterocycles. The second kappa shape index (κ2) is 5.07. The molecular weight excluding hydrogens is 226 g/mol. The van der Waals surface area contributed by atoms with Gasteiger partial charge in [0, 0.05) is 12.6 Å². The van der Waals surface area contributed by atoms with Crippen molar-refractivity contribution in [2.45, 2.75) is 6.04 Å². The summed E-state index contributed by atoms with van der Waals surface area (Å²) in [5, 5.41) is 19.7. The van der Waals surface area contributed by atoms with Crippen LogP contribution in [0.3, 0.4) is 0 Å². The highest BCUT2D eigenvalue weighted by Crippen LogP contribution is 2.19. The molecule has 1 aromatic heterocycles. The van der Waals surface area contributed by atoms with Crippen molar-refractivity contribution in [1.82, 2.24) is 4.98 Å². The van der Waals surface area contributed by atoms with Gasteiger partial charge in [-0.3, -0.25) is 10.1 Å². The zero-order chi connectivity index (χ0) is 12.3. The van der Waals surface area contributed by atoms with Crippen molar-refractivity contribution in [2.24, 2.45) is 0 Å². The molecule has 1 aromatic rings. The van der Waals surface area contributed by atoms with E-state index >= 15 is 0 Å². The molecule has 0 aliphatic carbocycles. The second-order valence-electron chi connectivity index (χ2n) is 3.74. The standard InChI is InChI=1S/C10H13N3O4/c14-6-9-7-17-4-3-12(9)10-2-1-8(5-11-10)13(15)16/h1-2,5,9,14H,3-4,6-7H2. The minimum Gasteiger partial charge on any atom is -0.394 e. The number of aliphatic hydroxyl groups excluding tert-OH is 1. The summed E-state index contributed by atoms with van der Waals surface area (Å²) in [7, 11) is 0. The van der Waals surface area contributed by atoms with Gasteiger partial charge in [0.2, 0.25) is 0 Å². The van der Waals surface area contributed by atoms with Crippen molar-refractivity contribution >= 4 is 11.5 Å². The van der Waals surface area contributed by atoms with Crippen LogP contribution in [0.15, 0.2) is 18.3 Å². The van der Waals surface area contributed by atoms with Crippen molar-refractivity contribution in [2.75, 3.05) is 31.3 Å². The van der Waals surface area contributed by atoms with E-state index in [1.54, 1.807) is 6.07 Å². The van der Waals surface area contributed by atoms with Crippen molar-refractivity contribution in [3.8, 4) is 0 Å². The highest BCUT2D eigenvalue weighted by molar-refractivity contribution is 5.44. The number of hydrogen-bond acceptors (Lipinski definition) is 6. The Morgan fingerprint density at radius 1 is 1.65 bits per heavy atom. The number of morpholine rings is 1. The summed E-state index contributed by atoms with van der Waals surface area (Å²) in [6.45, 7) is 1.60. The molecule has 92 valence electrons. The van der Waals surface area contributed by atoms with Gasteiger partial charge in [0.15, 0.2) is 0 Å². The maximum atomic E-state index is 10.5. The minimum absolute atomic E-state index is 0.0291. The fourth-order valence-electron chi connectivity index (χ4n) is 1.76. The second-order valence-corrected chi connectivity index (χ2v) is 3.74. The molecule has 7 nitrogen and oxygen atoms in total. The molecule has 1 saturated heterocycles. The number of nitro groups is 1. The molecule has 17 heavy (non-hydrogen) atoms. The van der Waals surface area contributed by atoms with Gasteiger partial charge >= 0.3 is 0 Å². The number of ether oxygens (including phenoxy) is 1. The van der Waals surface area contributed by atoms with Crippen LogP contribution in [-0.2, 0) is 4.74 Å². The monoisotopic (exact) mass is 239 g/mol. The normalized spacial score (nSPS) is 20.3. The smallest absolute Gasteiger partial charge is 0.287 e. The number of nitrogens with zero attached hydrogens (tertiary/aromatic N) is 3. The van der Waals surface area contributed by atoms with E-state index in [9.17, 15) is 15.2 Å². The van der Waals surface area contributed by atoms with Crippen LogP contribution >= 0.6 is 0 Å². The van der Waals surface area contributed by atoms with Gasteiger partial charge in [0.1, 0.15) is 12.0 Å². The number of rotatable bonds is 3. The summed E-state index contributed by atoms with van der Waals surface area (Å²) in [6.07, 6.45) is 1.22. The fraction of sp³-hybridized carbons (Fsp3) is 0.500. The Kier molecular flexibility index (Phi) is 3.50. The third-order valence-corrected chi connectivity index (χ3v) is 2.68. The highest BCUT2D eigenvalue weighted by Gasteiger charge is 2.23. The van der Waals surface area contributed by atoms with Crippen LogP contribution in [-0.4, -0.2) is 47.4 Å². The van der Waals surface area contributed by atoms with Crippen LogP contribution in [0.2, 0.25) is 0 Å². The molecule has 0 radical (unpaired) electrons. The number of pyridine rings is 1. The van der Waals surface area contributed by atoms with Crippen molar-refractivity contribution in [3.05, 3.63) is 28.4 Å². The van der Waals surface area contributed by atoms with Crippen molar-refractivity contribution in [3.63, 3.8) is 0 Å². The van der Waals surface area contributed by atoms with Crippen LogP contribution in [0.5, 0.6) is 0 Å². The summed E-state index contributed by atoms with van der Waals surface area (Å²) in [5.41, 5.74) is -0.0393. The largest absolute Gasteiger partial charge is 0.394 e. The zero-order valence-corrected chi connectivity index (χ0v) is 9.15. The summed E-state index contributed by atoms with van der Waals surface area (Å²) in [5.74, 6) is 0.623. The molecule has 1 atom stereocenters. The lowest BCUT2D eigenvalue weighted by atomic mass is 10.2. The predicted molar refractivity (Wildman–Crippen MR) is 59.9 cm³/mol. The van der Waals surface area contributed by atoms with Gasteiger partial charge in [-0.1, -0.05) is 0 Å². The average molecular weight is 239 g/mol. The Hall–Kier alpha value is -1.73. The Morgan fingerprint density at radius 3 is 3.06 bits per heavy atom. The van der Waals surface area contributed by atoms with Crippen LogP contribution in [0.25, 0.3) is 0 Å². The zero-order valence-electron chi connectivity index (χ0n) is 9.15. The first-order valence-electron chi connectivity index (χ1n) is 5.28. The molecule has 1 aliphatic rings. The van der Waals surface area contributed by atoms with E-state index in [0.29, 0.717) is 25.6 Å². The molecule has 0 spiro atoms. The number of aromatic nitrogens is 1. The van der Waals surface area contributed by atoms with Gasteiger partial charge in [-0.2, -0.15) is 0 Å². The Morgan fingerprint density at radius 2 is 2.47 bits per heavy atom. The number of aliphatic hydroxyl groups is 1. The molecule has 7 heteroatoms. The molecule has 0 bridgehead atoms. The van der Waals surface area contributed by atoms with Gasteiger partial charge in [-0.05, 0) is 6.07 Å². The van der Waals surface area contributed by atoms with Gasteiger partial charge in [-0.25, -0.2) is 4.98 Å². The summed E-state index contributed by atoms with van der Waals surface area (Å²) in [4.78, 5) is 15.9. The number of hydrogen-bond donors (Lipinski definition) is 1. The van der Waals surface area contributed by atoms with Crippen molar-refractivity contribution < 1.29 is 14.8 Å². The first-order valence-corrected chi connectivity index (χ1v) is 5.28. The van der Waals surface area contributed by atoms with Crippen molar-refractivity contribution in [1.29, 1.82) is 0 Å². The molecular formula is C10H13N3O4. The van der Waals surface area contributed by atoms with Crippen LogP contribution < -0.4 is 4.90 Å². The summed E-state index contributed by atoms with van der Waals surface area (Å²) < 4.78 is 5.25. The van der Waals surface area contributed by atoms with Crippen LogP contribution in [0.4, 0.5) is 11.5 Å². The average Bonchev–Trinajstić information content (AvgIpc) is 2.39. The van der Waals surface area contributed by atoms with E-state index in [4.69, 9.17) is 4.74 Å². The van der Waals surface area contributed by atoms with E-state index in [1.807, 2.05) is 4.90 Å². The fourth-order valence-corrected chi connectivity index (χ4v) is 1.76. The third-order valence-electron chi connectivity index (χ3n) is 2.68. The summed E-state index contributed by atoms with van der Waals surface area (Å²) in [6, 6.07) is 2.86. The topological polar surface area (TPSA) is 88.7 Å². The predicted octanol–water partition coefficient (Wildman–Crippen LogP) is 0.187. The SMILES string of the molecule is O=[N+]([O-])c1ccc(N2CCOCC2CO)nc1. The van der Waals surface area contributed by atoms with E-state index in [2.05, 4.69) is 4.98 Å². The minimum atomic E-state index is -0.486. The van der Waals surface area contributed by atoms with E-state index in [1.165, 1.54) is 12.3 Å². The maximum absolute atomic E-state index is 10.5. The third kappa shape index (κ3) is 2.51. The highest BCUT2D eigenvalue weighted by atomic mass is 16.6. The first kappa shape index (κ1) is 11.7. The quantitative estimate of drug-likeness (QED) is 0.598. The van der Waals surface area contributed by atoms with Crippen LogP contribution in [0.1, 0.15) is 0 Å². The summed E-state index contributed by atoms with van der Waals surface area (Å²) >= 11 is 0. The molecule has 1 unspecified atom stereocenters. The lowest BCUT2D eigenvalue weighted by Crippen LogP contribution is -2.48. The lowest BCUT2D eigenvalue weighted by molar-refractivity contribution is -0.385. The van der Waals surface area contributed by atoms with Gasteiger partial charge in [0.05, 0.1) is 30.8 Å². The van der Waals surface area contributed by atoms with Gasteiger partial charge in [-0.15, -0.1) is 0 Å². The van der Waals surface area contributed by atoms with E-state index < -0.39 is 4.92 Å². The lowest BCUT2D eigenvalue weighted by Gasteiger charge is -2.35. The first-order chi connectivity index (χ1) is 8.22. The van der Waals surface area contributed by atoms with Gasteiger partial charge in [0.25, 0.3) is 5.69 Å². The van der Waals surface area contributed by atoms with Gasteiger partial charge < -0.3 is 14.7 Å². The molecule has 2 rings (SSSR count). The van der Waals surface area contributed by atoms with Crippen LogP contribution in [0, 0.1) is 10.1 Å². The Bertz CT molecular complexity index is 395. The molecule has 1 fully saturated rings. The molecule has 0 aromatic carbocycles. The molecule has 0 saturated carbocycles. The van der Waals surface area contributed by atoms with E-state index in [0.717, 1.165) is 0 Å². The molecule has 0 amide bonds. The Balaban J connectivity index is 2.17. The molecule has 2 heterocycles. The number of anilines is 1.